The van der Waals surface area contributed by atoms with Crippen molar-refractivity contribution in [2.24, 2.45) is 0 Å². The van der Waals surface area contributed by atoms with Crippen LogP contribution in [0.5, 0.6) is 0 Å². The van der Waals surface area contributed by atoms with Gasteiger partial charge >= 0.3 is 0 Å². The van der Waals surface area contributed by atoms with Gasteiger partial charge in [-0.25, -0.2) is 15.0 Å². The molecule has 0 spiro atoms. The molecule has 4 rings (SSSR count). The molecule has 0 aliphatic carbocycles. The molecule has 1 unspecified atom stereocenters. The van der Waals surface area contributed by atoms with E-state index < -0.39 is 0 Å². The molecule has 4 aromatic rings. The van der Waals surface area contributed by atoms with Gasteiger partial charge in [-0.05, 0) is 18.6 Å². The molecule has 1 aromatic carbocycles. The summed E-state index contributed by atoms with van der Waals surface area (Å²) in [6.07, 6.45) is 3.40. The van der Waals surface area contributed by atoms with E-state index in [9.17, 15) is 4.79 Å². The second-order valence-electron chi connectivity index (χ2n) is 5.44. The van der Waals surface area contributed by atoms with E-state index in [0.717, 1.165) is 16.0 Å². The fourth-order valence-corrected chi connectivity index (χ4v) is 4.29. The summed E-state index contributed by atoms with van der Waals surface area (Å²) in [6.45, 7) is 1.98. The average molecular weight is 366 g/mol. The lowest BCUT2D eigenvalue weighted by Crippen LogP contribution is -2.12. The molecule has 124 valence electrons. The van der Waals surface area contributed by atoms with Gasteiger partial charge < -0.3 is 4.98 Å². The van der Waals surface area contributed by atoms with Crippen molar-refractivity contribution in [3.05, 3.63) is 70.4 Å². The lowest BCUT2D eigenvalue weighted by Gasteiger charge is -2.09. The minimum atomic E-state index is -0.110. The molecule has 0 aliphatic rings. The Morgan fingerprint density at radius 2 is 1.88 bits per heavy atom. The summed E-state index contributed by atoms with van der Waals surface area (Å²) in [7, 11) is 0. The Morgan fingerprint density at radius 3 is 2.64 bits per heavy atom. The standard InChI is InChI=1S/C18H14N4OS2/c1-11(25-18-19-8-5-9-20-18)15-21-16(23)14-13(10-24-17(14)22-15)12-6-3-2-4-7-12/h2-11H,1H3,(H,21,22,23). The number of rotatable bonds is 4. The molecule has 3 aromatic heterocycles. The highest BCUT2D eigenvalue weighted by Crippen LogP contribution is 2.34. The third-order valence-electron chi connectivity index (χ3n) is 3.76. The molecule has 1 atom stereocenters. The molecule has 1 N–H and O–H groups in total. The van der Waals surface area contributed by atoms with Crippen LogP contribution < -0.4 is 5.56 Å². The quantitative estimate of drug-likeness (QED) is 0.431. The third kappa shape index (κ3) is 3.20. The summed E-state index contributed by atoms with van der Waals surface area (Å²) in [5, 5.41) is 3.24. The molecule has 0 saturated heterocycles. The molecule has 0 radical (unpaired) electrons. The van der Waals surface area contributed by atoms with Crippen molar-refractivity contribution >= 4 is 33.3 Å². The van der Waals surface area contributed by atoms with Crippen LogP contribution in [0.4, 0.5) is 0 Å². The highest BCUT2D eigenvalue weighted by molar-refractivity contribution is 7.99. The normalized spacial score (nSPS) is 12.4. The molecule has 5 nitrogen and oxygen atoms in total. The molecule has 0 amide bonds. The zero-order chi connectivity index (χ0) is 17.2. The summed E-state index contributed by atoms with van der Waals surface area (Å²) in [5.41, 5.74) is 1.84. The van der Waals surface area contributed by atoms with E-state index in [-0.39, 0.29) is 10.8 Å². The van der Waals surface area contributed by atoms with E-state index in [0.29, 0.717) is 16.4 Å². The molecule has 0 aliphatic heterocycles. The van der Waals surface area contributed by atoms with Crippen molar-refractivity contribution in [1.29, 1.82) is 0 Å². The van der Waals surface area contributed by atoms with Gasteiger partial charge in [-0.3, -0.25) is 4.79 Å². The second kappa shape index (κ2) is 6.78. The Kier molecular flexibility index (Phi) is 4.33. The van der Waals surface area contributed by atoms with Crippen LogP contribution >= 0.6 is 23.1 Å². The molecule has 0 saturated carbocycles. The van der Waals surface area contributed by atoms with Crippen LogP contribution in [0.25, 0.3) is 21.3 Å². The Bertz CT molecular complexity index is 1060. The zero-order valence-corrected chi connectivity index (χ0v) is 15.0. The van der Waals surface area contributed by atoms with Crippen LogP contribution in [0.1, 0.15) is 18.0 Å². The highest BCUT2D eigenvalue weighted by Gasteiger charge is 2.17. The Hall–Kier alpha value is -2.51. The van der Waals surface area contributed by atoms with Crippen molar-refractivity contribution < 1.29 is 0 Å². The Balaban J connectivity index is 1.73. The number of nitrogens with one attached hydrogen (secondary N) is 1. The van der Waals surface area contributed by atoms with E-state index in [2.05, 4.69) is 19.9 Å². The number of aromatic nitrogens is 4. The van der Waals surface area contributed by atoms with Crippen molar-refractivity contribution in [3.8, 4) is 11.1 Å². The molecular weight excluding hydrogens is 352 g/mol. The van der Waals surface area contributed by atoms with Gasteiger partial charge in [0.2, 0.25) is 0 Å². The van der Waals surface area contributed by atoms with Gasteiger partial charge in [-0.1, -0.05) is 42.1 Å². The van der Waals surface area contributed by atoms with Crippen LogP contribution in [-0.4, -0.2) is 19.9 Å². The smallest absolute Gasteiger partial charge is 0.260 e. The minimum Gasteiger partial charge on any atom is -0.309 e. The van der Waals surface area contributed by atoms with E-state index in [1.807, 2.05) is 42.6 Å². The monoisotopic (exact) mass is 366 g/mol. The van der Waals surface area contributed by atoms with E-state index in [1.54, 1.807) is 18.5 Å². The van der Waals surface area contributed by atoms with Crippen LogP contribution in [-0.2, 0) is 0 Å². The van der Waals surface area contributed by atoms with Crippen LogP contribution in [0.15, 0.2) is 64.1 Å². The van der Waals surface area contributed by atoms with Gasteiger partial charge in [-0.2, -0.15) is 0 Å². The van der Waals surface area contributed by atoms with Crippen molar-refractivity contribution in [3.63, 3.8) is 0 Å². The van der Waals surface area contributed by atoms with Gasteiger partial charge in [0.15, 0.2) is 5.16 Å². The first kappa shape index (κ1) is 16.0. The highest BCUT2D eigenvalue weighted by atomic mass is 32.2. The largest absolute Gasteiger partial charge is 0.309 e. The molecule has 7 heteroatoms. The molecule has 0 fully saturated rings. The maximum absolute atomic E-state index is 12.7. The van der Waals surface area contributed by atoms with Crippen molar-refractivity contribution in [1.82, 2.24) is 19.9 Å². The summed E-state index contributed by atoms with van der Waals surface area (Å²) in [6, 6.07) is 11.7. The van der Waals surface area contributed by atoms with Crippen LogP contribution in [0.3, 0.4) is 0 Å². The number of fused-ring (bicyclic) bond motifs is 1. The first-order valence-electron chi connectivity index (χ1n) is 7.73. The number of benzene rings is 1. The van der Waals surface area contributed by atoms with Gasteiger partial charge in [0, 0.05) is 23.3 Å². The number of aromatic amines is 1. The van der Waals surface area contributed by atoms with Crippen molar-refractivity contribution in [2.45, 2.75) is 17.3 Å². The lowest BCUT2D eigenvalue weighted by molar-refractivity contribution is 0.902. The minimum absolute atomic E-state index is 0.0539. The predicted octanol–water partition coefficient (Wildman–Crippen LogP) is 4.29. The zero-order valence-electron chi connectivity index (χ0n) is 13.3. The number of thiophene rings is 1. The number of thioether (sulfide) groups is 1. The van der Waals surface area contributed by atoms with Gasteiger partial charge in [-0.15, -0.1) is 11.3 Å². The second-order valence-corrected chi connectivity index (χ2v) is 7.60. The first-order chi connectivity index (χ1) is 12.2. The molecule has 25 heavy (non-hydrogen) atoms. The molecule has 0 bridgehead atoms. The fourth-order valence-electron chi connectivity index (χ4n) is 2.55. The van der Waals surface area contributed by atoms with Gasteiger partial charge in [0.25, 0.3) is 5.56 Å². The van der Waals surface area contributed by atoms with Crippen LogP contribution in [0.2, 0.25) is 0 Å². The lowest BCUT2D eigenvalue weighted by atomic mass is 10.1. The summed E-state index contributed by atoms with van der Waals surface area (Å²) in [5.74, 6) is 0.636. The van der Waals surface area contributed by atoms with Gasteiger partial charge in [0.1, 0.15) is 10.7 Å². The van der Waals surface area contributed by atoms with E-state index in [4.69, 9.17) is 0 Å². The van der Waals surface area contributed by atoms with Crippen LogP contribution in [0, 0.1) is 0 Å². The average Bonchev–Trinajstić information content (AvgIpc) is 3.08. The summed E-state index contributed by atoms with van der Waals surface area (Å²) in [4.78, 5) is 29.4. The summed E-state index contributed by atoms with van der Waals surface area (Å²) >= 11 is 2.96. The number of hydrogen-bond acceptors (Lipinski definition) is 6. The van der Waals surface area contributed by atoms with E-state index >= 15 is 0 Å². The molecular formula is C18H14N4OS2. The fraction of sp³-hybridized carbons (Fsp3) is 0.111. The number of nitrogens with zero attached hydrogens (tertiary/aromatic N) is 3. The Labute approximate surface area is 152 Å². The summed E-state index contributed by atoms with van der Waals surface area (Å²) < 4.78 is 0. The third-order valence-corrected chi connectivity index (χ3v) is 5.63. The number of hydrogen-bond donors (Lipinski definition) is 1. The maximum atomic E-state index is 12.7. The molecule has 3 heterocycles. The van der Waals surface area contributed by atoms with Crippen molar-refractivity contribution in [2.75, 3.05) is 0 Å². The topological polar surface area (TPSA) is 71.5 Å². The Morgan fingerprint density at radius 1 is 1.12 bits per heavy atom. The maximum Gasteiger partial charge on any atom is 0.260 e. The predicted molar refractivity (Wildman–Crippen MR) is 102 cm³/mol. The van der Waals surface area contributed by atoms with E-state index in [1.165, 1.54) is 23.1 Å². The number of H-pyrrole nitrogens is 1. The first-order valence-corrected chi connectivity index (χ1v) is 9.49. The SMILES string of the molecule is CC(Sc1ncccn1)c1nc2scc(-c3ccccc3)c2c(=O)[nH]1. The van der Waals surface area contributed by atoms with Gasteiger partial charge in [0.05, 0.1) is 10.6 Å².